The highest BCUT2D eigenvalue weighted by atomic mass is 32.2. The molecule has 0 aliphatic rings. The highest BCUT2D eigenvalue weighted by Crippen LogP contribution is 2.41. The van der Waals surface area contributed by atoms with Crippen LogP contribution in [-0.2, 0) is 0 Å². The van der Waals surface area contributed by atoms with Crippen molar-refractivity contribution in [2.75, 3.05) is 0 Å². The van der Waals surface area contributed by atoms with Gasteiger partial charge in [-0.15, -0.1) is 0 Å². The second-order valence-electron chi connectivity index (χ2n) is 5.95. The molecule has 0 aliphatic carbocycles. The van der Waals surface area contributed by atoms with Gasteiger partial charge in [-0.25, -0.2) is 0 Å². The lowest BCUT2D eigenvalue weighted by Gasteiger charge is -2.03. The highest BCUT2D eigenvalue weighted by molar-refractivity contribution is 7.99. The Morgan fingerprint density at radius 2 is 1.28 bits per heavy atom. The fourth-order valence-electron chi connectivity index (χ4n) is 2.72. The monoisotopic (exact) mass is 342 g/mol. The van der Waals surface area contributed by atoms with Gasteiger partial charge >= 0.3 is 0 Å². The Labute approximate surface area is 152 Å². The normalized spacial score (nSPS) is 10.8. The molecular formula is C23H18OS. The van der Waals surface area contributed by atoms with Crippen LogP contribution in [0.2, 0.25) is 0 Å². The predicted octanol–water partition coefficient (Wildman–Crippen LogP) is 7.07. The third-order valence-corrected chi connectivity index (χ3v) is 5.07. The van der Waals surface area contributed by atoms with Crippen molar-refractivity contribution >= 4 is 11.8 Å². The van der Waals surface area contributed by atoms with Crippen LogP contribution in [0.5, 0.6) is 0 Å². The van der Waals surface area contributed by atoms with Gasteiger partial charge in [0, 0.05) is 16.0 Å². The average molecular weight is 342 g/mol. The van der Waals surface area contributed by atoms with Gasteiger partial charge in [0.1, 0.15) is 11.5 Å². The molecular weight excluding hydrogens is 324 g/mol. The summed E-state index contributed by atoms with van der Waals surface area (Å²) in [6.45, 7) is 2.11. The van der Waals surface area contributed by atoms with Gasteiger partial charge in [0.2, 0.25) is 0 Å². The second-order valence-corrected chi connectivity index (χ2v) is 7.07. The fourth-order valence-corrected chi connectivity index (χ4v) is 3.66. The van der Waals surface area contributed by atoms with Crippen molar-refractivity contribution in [2.45, 2.75) is 16.7 Å². The summed E-state index contributed by atoms with van der Waals surface area (Å²) in [7, 11) is 0. The Hall–Kier alpha value is -2.71. The molecule has 2 heteroatoms. The summed E-state index contributed by atoms with van der Waals surface area (Å²) >= 11 is 1.74. The molecule has 3 aromatic carbocycles. The van der Waals surface area contributed by atoms with Crippen LogP contribution in [0.4, 0.5) is 0 Å². The van der Waals surface area contributed by atoms with Crippen LogP contribution in [0.25, 0.3) is 22.6 Å². The number of hydrogen-bond donors (Lipinski definition) is 0. The Kier molecular flexibility index (Phi) is 4.45. The van der Waals surface area contributed by atoms with E-state index in [1.54, 1.807) is 11.8 Å². The average Bonchev–Trinajstić information content (AvgIpc) is 3.09. The van der Waals surface area contributed by atoms with Crippen molar-refractivity contribution < 1.29 is 4.42 Å². The molecule has 122 valence electrons. The maximum atomic E-state index is 6.26. The molecule has 0 unspecified atom stereocenters. The molecule has 0 fully saturated rings. The number of benzene rings is 3. The smallest absolute Gasteiger partial charge is 0.148 e. The summed E-state index contributed by atoms with van der Waals surface area (Å²) in [6.07, 6.45) is 0. The van der Waals surface area contributed by atoms with Gasteiger partial charge in [-0.3, -0.25) is 0 Å². The summed E-state index contributed by atoms with van der Waals surface area (Å²) in [5.41, 5.74) is 3.46. The molecule has 4 aromatic rings. The molecule has 0 atom stereocenters. The van der Waals surface area contributed by atoms with Gasteiger partial charge in [0.05, 0.1) is 4.90 Å². The first-order chi connectivity index (χ1) is 12.3. The van der Waals surface area contributed by atoms with Gasteiger partial charge < -0.3 is 4.42 Å². The third-order valence-electron chi connectivity index (χ3n) is 4.04. The first kappa shape index (κ1) is 15.8. The fraction of sp³-hybridized carbons (Fsp3) is 0.0435. The van der Waals surface area contributed by atoms with Crippen molar-refractivity contribution in [1.29, 1.82) is 0 Å². The molecule has 4 rings (SSSR count). The molecule has 0 amide bonds. The molecule has 0 spiro atoms. The minimum Gasteiger partial charge on any atom is -0.455 e. The van der Waals surface area contributed by atoms with Gasteiger partial charge in [0.25, 0.3) is 0 Å². The van der Waals surface area contributed by atoms with Gasteiger partial charge in [0.15, 0.2) is 0 Å². The summed E-state index contributed by atoms with van der Waals surface area (Å²) in [6, 6.07) is 31.3. The van der Waals surface area contributed by atoms with E-state index < -0.39 is 0 Å². The molecule has 0 N–H and O–H groups in total. The highest BCUT2D eigenvalue weighted by Gasteiger charge is 2.15. The third kappa shape index (κ3) is 3.54. The van der Waals surface area contributed by atoms with Gasteiger partial charge in [-0.05, 0) is 25.1 Å². The van der Waals surface area contributed by atoms with Crippen molar-refractivity contribution in [2.24, 2.45) is 0 Å². The van der Waals surface area contributed by atoms with Crippen LogP contribution in [0.15, 0.2) is 105 Å². The first-order valence-corrected chi connectivity index (χ1v) is 9.10. The summed E-state index contributed by atoms with van der Waals surface area (Å²) in [4.78, 5) is 2.34. The van der Waals surface area contributed by atoms with Crippen LogP contribution in [-0.4, -0.2) is 0 Å². The lowest BCUT2D eigenvalue weighted by atomic mass is 10.1. The van der Waals surface area contributed by atoms with Crippen molar-refractivity contribution in [3.05, 3.63) is 96.6 Å². The van der Waals surface area contributed by atoms with E-state index in [0.29, 0.717) is 0 Å². The molecule has 0 radical (unpaired) electrons. The lowest BCUT2D eigenvalue weighted by Crippen LogP contribution is -1.77. The van der Waals surface area contributed by atoms with E-state index in [2.05, 4.69) is 61.5 Å². The van der Waals surface area contributed by atoms with Crippen molar-refractivity contribution in [3.8, 4) is 22.6 Å². The summed E-state index contributed by atoms with van der Waals surface area (Å²) < 4.78 is 6.26. The molecule has 1 heterocycles. The molecule has 0 bridgehead atoms. The quantitative estimate of drug-likeness (QED) is 0.393. The number of aryl methyl sites for hydroxylation is 1. The molecule has 1 nitrogen and oxygen atoms in total. The zero-order valence-electron chi connectivity index (χ0n) is 14.0. The first-order valence-electron chi connectivity index (χ1n) is 8.29. The minimum atomic E-state index is 0.897. The summed E-state index contributed by atoms with van der Waals surface area (Å²) in [5.74, 6) is 1.82. The maximum absolute atomic E-state index is 6.26. The zero-order chi connectivity index (χ0) is 17.1. The van der Waals surface area contributed by atoms with E-state index in [1.807, 2.05) is 36.4 Å². The van der Waals surface area contributed by atoms with E-state index in [1.165, 1.54) is 10.5 Å². The van der Waals surface area contributed by atoms with E-state index in [9.17, 15) is 0 Å². The van der Waals surface area contributed by atoms with Crippen LogP contribution in [0, 0.1) is 6.92 Å². The van der Waals surface area contributed by atoms with Gasteiger partial charge in [-0.2, -0.15) is 0 Å². The molecule has 25 heavy (non-hydrogen) atoms. The van der Waals surface area contributed by atoms with Crippen LogP contribution in [0.3, 0.4) is 0 Å². The van der Waals surface area contributed by atoms with E-state index in [4.69, 9.17) is 4.42 Å². The van der Waals surface area contributed by atoms with Crippen molar-refractivity contribution in [3.63, 3.8) is 0 Å². The number of hydrogen-bond acceptors (Lipinski definition) is 2. The Morgan fingerprint density at radius 3 is 1.92 bits per heavy atom. The minimum absolute atomic E-state index is 0.897. The van der Waals surface area contributed by atoms with E-state index in [0.717, 1.165) is 27.5 Å². The topological polar surface area (TPSA) is 13.1 Å². The maximum Gasteiger partial charge on any atom is 0.148 e. The van der Waals surface area contributed by atoms with E-state index in [-0.39, 0.29) is 0 Å². The number of furan rings is 1. The Balaban J connectivity index is 1.78. The zero-order valence-corrected chi connectivity index (χ0v) is 14.8. The SMILES string of the molecule is Cc1ccc(Sc2cc(-c3ccccc3)oc2-c2ccccc2)cc1. The second kappa shape index (κ2) is 7.04. The van der Waals surface area contributed by atoms with Crippen LogP contribution < -0.4 is 0 Å². The largest absolute Gasteiger partial charge is 0.455 e. The van der Waals surface area contributed by atoms with Crippen LogP contribution >= 0.6 is 11.8 Å². The molecule has 1 aromatic heterocycles. The number of rotatable bonds is 4. The van der Waals surface area contributed by atoms with Crippen LogP contribution in [0.1, 0.15) is 5.56 Å². The van der Waals surface area contributed by atoms with E-state index >= 15 is 0 Å². The standard InChI is InChI=1S/C23H18OS/c1-17-12-14-20(15-13-17)25-22-16-21(18-8-4-2-5-9-18)24-23(22)19-10-6-3-7-11-19/h2-16H,1H3. The molecule has 0 saturated carbocycles. The van der Waals surface area contributed by atoms with Gasteiger partial charge in [-0.1, -0.05) is 90.1 Å². The Morgan fingerprint density at radius 1 is 0.680 bits per heavy atom. The molecule has 0 aliphatic heterocycles. The predicted molar refractivity (Wildman–Crippen MR) is 105 cm³/mol. The summed E-state index contributed by atoms with van der Waals surface area (Å²) in [5, 5.41) is 0. The van der Waals surface area contributed by atoms with Crippen molar-refractivity contribution in [1.82, 2.24) is 0 Å². The lowest BCUT2D eigenvalue weighted by molar-refractivity contribution is 0.592. The Bertz CT molecular complexity index is 954. The molecule has 0 saturated heterocycles.